The number of aryl methyl sites for hydroxylation is 2. The summed E-state index contributed by atoms with van der Waals surface area (Å²) in [6.07, 6.45) is 9.32. The predicted octanol–water partition coefficient (Wildman–Crippen LogP) is 6.98. The van der Waals surface area contributed by atoms with E-state index < -0.39 is 5.41 Å². The maximum atomic E-state index is 12.4. The van der Waals surface area contributed by atoms with E-state index in [1.807, 2.05) is 37.4 Å². The van der Waals surface area contributed by atoms with Crippen LogP contribution in [0.25, 0.3) is 22.0 Å². The van der Waals surface area contributed by atoms with Crippen molar-refractivity contribution in [1.82, 2.24) is 14.5 Å². The van der Waals surface area contributed by atoms with Crippen molar-refractivity contribution in [1.29, 1.82) is 0 Å². The highest BCUT2D eigenvalue weighted by Gasteiger charge is 2.42. The molecule has 6 rings (SSSR count). The van der Waals surface area contributed by atoms with Gasteiger partial charge in [-0.15, -0.1) is 0 Å². The van der Waals surface area contributed by atoms with Crippen molar-refractivity contribution < 1.29 is 9.47 Å². The lowest BCUT2D eigenvalue weighted by atomic mass is 9.66. The number of nitrogens with zero attached hydrogens (tertiary/aromatic N) is 3. The fraction of sp³-hybridized carbons (Fsp3) is 0.424. The second kappa shape index (κ2) is 11.4. The fourth-order valence-electron chi connectivity index (χ4n) is 6.27. The number of fused-ring (bicyclic) bond motifs is 1. The third-order valence-corrected chi connectivity index (χ3v) is 8.83. The number of hydrogen-bond acceptors (Lipinski definition) is 5. The van der Waals surface area contributed by atoms with Gasteiger partial charge in [-0.05, 0) is 85.0 Å². The van der Waals surface area contributed by atoms with Gasteiger partial charge < -0.3 is 14.0 Å². The summed E-state index contributed by atoms with van der Waals surface area (Å²) in [5, 5.41) is 1.18. The maximum absolute atomic E-state index is 12.4. The first-order valence-corrected chi connectivity index (χ1v) is 14.7. The molecule has 3 heterocycles. The van der Waals surface area contributed by atoms with Crippen LogP contribution < -0.4 is 5.56 Å². The predicted molar refractivity (Wildman–Crippen MR) is 159 cm³/mol. The summed E-state index contributed by atoms with van der Waals surface area (Å²) in [5.41, 5.74) is 5.00. The molecule has 2 aliphatic rings. The Morgan fingerprint density at radius 1 is 1.02 bits per heavy atom. The molecule has 2 unspecified atom stereocenters. The van der Waals surface area contributed by atoms with Gasteiger partial charge in [-0.25, -0.2) is 9.97 Å². The summed E-state index contributed by atoms with van der Waals surface area (Å²) >= 11 is 6.64. The number of aromatic nitrogens is 3. The van der Waals surface area contributed by atoms with Crippen LogP contribution >= 0.6 is 11.6 Å². The molecule has 2 fully saturated rings. The molecule has 0 bridgehead atoms. The number of halogens is 1. The molecule has 4 aromatic rings. The third kappa shape index (κ3) is 5.32. The minimum absolute atomic E-state index is 0.00557. The van der Waals surface area contributed by atoms with Gasteiger partial charge in [0, 0.05) is 30.8 Å². The van der Waals surface area contributed by atoms with Crippen LogP contribution in [0, 0.1) is 12.8 Å². The van der Waals surface area contributed by atoms with Gasteiger partial charge in [0.1, 0.15) is 0 Å². The van der Waals surface area contributed by atoms with Crippen molar-refractivity contribution in [3.05, 3.63) is 93.3 Å². The lowest BCUT2D eigenvalue weighted by molar-refractivity contribution is -0.171. The molecule has 6 nitrogen and oxygen atoms in total. The van der Waals surface area contributed by atoms with Gasteiger partial charge in [0.15, 0.2) is 6.29 Å². The van der Waals surface area contributed by atoms with Crippen LogP contribution in [-0.4, -0.2) is 34.0 Å². The third-order valence-electron chi connectivity index (χ3n) is 8.66. The van der Waals surface area contributed by atoms with E-state index in [2.05, 4.69) is 35.3 Å². The Kier molecular flexibility index (Phi) is 7.76. The lowest BCUT2D eigenvalue weighted by Gasteiger charge is -2.41. The van der Waals surface area contributed by atoms with Gasteiger partial charge in [-0.1, -0.05) is 55.7 Å². The van der Waals surface area contributed by atoms with Gasteiger partial charge in [-0.2, -0.15) is 0 Å². The van der Waals surface area contributed by atoms with Crippen molar-refractivity contribution in [2.45, 2.75) is 63.6 Å². The number of benzene rings is 2. The molecule has 1 saturated carbocycles. The Balaban J connectivity index is 1.55. The average molecular weight is 558 g/mol. The van der Waals surface area contributed by atoms with Gasteiger partial charge in [-0.3, -0.25) is 4.79 Å². The highest BCUT2D eigenvalue weighted by Crippen LogP contribution is 2.46. The molecule has 2 atom stereocenters. The summed E-state index contributed by atoms with van der Waals surface area (Å²) in [7, 11) is 1.79. The standard InChI is InChI=1S/C33H36ClN3O3/c1-22-17-25(20-37(2)31(22)38)24-14-15-28-27(18-24)30(36-32(34)35-28)33(19-23-9-8-10-23,26-11-4-3-5-12-26)21-40-29-13-6-7-16-39-29/h3-5,11-12,14-15,17-18,20,23,29H,6-10,13,16,19,21H2,1-2H3. The summed E-state index contributed by atoms with van der Waals surface area (Å²) in [5.74, 6) is 0.578. The Morgan fingerprint density at radius 3 is 2.55 bits per heavy atom. The van der Waals surface area contributed by atoms with Crippen LogP contribution in [-0.2, 0) is 21.9 Å². The Hall–Kier alpha value is -3.06. The van der Waals surface area contributed by atoms with Crippen molar-refractivity contribution in [2.75, 3.05) is 13.2 Å². The van der Waals surface area contributed by atoms with E-state index in [0.717, 1.165) is 65.6 Å². The second-order valence-electron chi connectivity index (χ2n) is 11.5. The molecule has 208 valence electrons. The van der Waals surface area contributed by atoms with E-state index in [1.54, 1.807) is 11.6 Å². The Labute approximate surface area is 240 Å². The Morgan fingerprint density at radius 2 is 1.85 bits per heavy atom. The fourth-order valence-corrected chi connectivity index (χ4v) is 6.44. The summed E-state index contributed by atoms with van der Waals surface area (Å²) in [6.45, 7) is 3.03. The van der Waals surface area contributed by atoms with E-state index >= 15 is 0 Å². The monoisotopic (exact) mass is 557 g/mol. The van der Waals surface area contributed by atoms with Crippen LogP contribution in [0.1, 0.15) is 61.8 Å². The normalized spacial score (nSPS) is 19.3. The molecule has 1 aliphatic carbocycles. The molecule has 0 spiro atoms. The van der Waals surface area contributed by atoms with Crippen LogP contribution in [0.15, 0.2) is 65.6 Å². The number of hydrogen-bond donors (Lipinski definition) is 0. The molecule has 1 aliphatic heterocycles. The second-order valence-corrected chi connectivity index (χ2v) is 11.8. The molecular weight excluding hydrogens is 522 g/mol. The molecule has 2 aromatic carbocycles. The molecule has 1 saturated heterocycles. The Bertz CT molecular complexity index is 1530. The molecule has 0 amide bonds. The zero-order valence-electron chi connectivity index (χ0n) is 23.2. The molecule has 0 N–H and O–H groups in total. The highest BCUT2D eigenvalue weighted by atomic mass is 35.5. The van der Waals surface area contributed by atoms with Gasteiger partial charge in [0.05, 0.1) is 23.2 Å². The first-order chi connectivity index (χ1) is 19.4. The number of rotatable bonds is 8. The summed E-state index contributed by atoms with van der Waals surface area (Å²) < 4.78 is 14.2. The maximum Gasteiger partial charge on any atom is 0.253 e. The van der Waals surface area contributed by atoms with Crippen LogP contribution in [0.5, 0.6) is 0 Å². The summed E-state index contributed by atoms with van der Waals surface area (Å²) in [4.78, 5) is 22.0. The zero-order valence-corrected chi connectivity index (χ0v) is 24.0. The SMILES string of the molecule is Cc1cc(-c2ccc3nc(Cl)nc(C(COC4CCCCO4)(CC4CCC4)c4ccccc4)c3c2)cn(C)c1=O. The van der Waals surface area contributed by atoms with Crippen molar-refractivity contribution >= 4 is 22.5 Å². The van der Waals surface area contributed by atoms with E-state index in [4.69, 9.17) is 26.1 Å². The zero-order chi connectivity index (χ0) is 27.7. The van der Waals surface area contributed by atoms with E-state index in [0.29, 0.717) is 18.1 Å². The number of pyridine rings is 1. The van der Waals surface area contributed by atoms with E-state index in [9.17, 15) is 4.79 Å². The largest absolute Gasteiger partial charge is 0.353 e. The van der Waals surface area contributed by atoms with Crippen LogP contribution in [0.3, 0.4) is 0 Å². The van der Waals surface area contributed by atoms with Crippen molar-refractivity contribution in [2.24, 2.45) is 13.0 Å². The molecule has 7 heteroatoms. The number of ether oxygens (including phenoxy) is 2. The topological polar surface area (TPSA) is 66.2 Å². The van der Waals surface area contributed by atoms with Crippen LogP contribution in [0.4, 0.5) is 0 Å². The first kappa shape index (κ1) is 27.1. The summed E-state index contributed by atoms with van der Waals surface area (Å²) in [6, 6.07) is 18.7. The molecule has 40 heavy (non-hydrogen) atoms. The minimum atomic E-state index is -0.532. The van der Waals surface area contributed by atoms with Gasteiger partial charge >= 0.3 is 0 Å². The highest BCUT2D eigenvalue weighted by molar-refractivity contribution is 6.28. The van der Waals surface area contributed by atoms with E-state index in [-0.39, 0.29) is 17.1 Å². The van der Waals surface area contributed by atoms with Crippen LogP contribution in [0.2, 0.25) is 5.28 Å². The van der Waals surface area contributed by atoms with E-state index in [1.165, 1.54) is 19.3 Å². The quantitative estimate of drug-likeness (QED) is 0.219. The molecule has 2 aromatic heterocycles. The smallest absolute Gasteiger partial charge is 0.253 e. The van der Waals surface area contributed by atoms with Gasteiger partial charge in [0.25, 0.3) is 5.56 Å². The molecule has 0 radical (unpaired) electrons. The molecular formula is C33H36ClN3O3. The van der Waals surface area contributed by atoms with Crippen molar-refractivity contribution in [3.63, 3.8) is 0 Å². The minimum Gasteiger partial charge on any atom is -0.353 e. The lowest BCUT2D eigenvalue weighted by Crippen LogP contribution is -2.40. The van der Waals surface area contributed by atoms with Crippen molar-refractivity contribution in [3.8, 4) is 11.1 Å². The van der Waals surface area contributed by atoms with Gasteiger partial charge in [0.2, 0.25) is 5.28 Å². The average Bonchev–Trinajstić information content (AvgIpc) is 2.95. The first-order valence-electron chi connectivity index (χ1n) is 14.4.